The van der Waals surface area contributed by atoms with E-state index in [4.69, 9.17) is 11.6 Å². The summed E-state index contributed by atoms with van der Waals surface area (Å²) in [4.78, 5) is 0.354. The standard InChI is InChI=1S/C26H31ClNO2S/c1-28(2,3)19-21-14-16-22(17-15-21)24(18-26(27)23-10-6-4-7-11-23)20-31(29,30)25-12-8-5-9-13-25/h4-17,24,26H,18-20H2,1-3H3/q+1. The van der Waals surface area contributed by atoms with Gasteiger partial charge in [0.05, 0.1) is 37.2 Å². The van der Waals surface area contributed by atoms with Gasteiger partial charge in [-0.25, -0.2) is 8.42 Å². The Bertz CT molecular complexity index is 1060. The third-order valence-corrected chi connectivity index (χ3v) is 7.55. The second-order valence-electron chi connectivity index (χ2n) is 9.10. The van der Waals surface area contributed by atoms with Crippen molar-refractivity contribution in [1.29, 1.82) is 0 Å². The van der Waals surface area contributed by atoms with E-state index in [1.165, 1.54) is 5.56 Å². The van der Waals surface area contributed by atoms with E-state index < -0.39 is 9.84 Å². The van der Waals surface area contributed by atoms with E-state index in [0.29, 0.717) is 11.3 Å². The van der Waals surface area contributed by atoms with Gasteiger partial charge < -0.3 is 4.48 Å². The zero-order chi connectivity index (χ0) is 22.5. The summed E-state index contributed by atoms with van der Waals surface area (Å²) in [7, 11) is 3.03. The Hall–Kier alpha value is -2.14. The second-order valence-corrected chi connectivity index (χ2v) is 11.7. The molecule has 0 saturated carbocycles. The van der Waals surface area contributed by atoms with E-state index in [0.717, 1.165) is 22.2 Å². The highest BCUT2D eigenvalue weighted by molar-refractivity contribution is 7.91. The molecule has 3 rings (SSSR count). The van der Waals surface area contributed by atoms with Crippen molar-refractivity contribution >= 4 is 21.4 Å². The smallest absolute Gasteiger partial charge is 0.178 e. The molecule has 0 saturated heterocycles. The summed E-state index contributed by atoms with van der Waals surface area (Å²) in [5.74, 6) is -0.173. The first kappa shape index (κ1) is 23.5. The molecule has 0 bridgehead atoms. The minimum atomic E-state index is -3.44. The van der Waals surface area contributed by atoms with Crippen LogP contribution in [0.25, 0.3) is 0 Å². The van der Waals surface area contributed by atoms with Crippen molar-refractivity contribution in [2.75, 3.05) is 26.9 Å². The summed E-state index contributed by atoms with van der Waals surface area (Å²) in [6.07, 6.45) is 0.548. The molecule has 3 nitrogen and oxygen atoms in total. The molecule has 0 amide bonds. The normalized spacial score (nSPS) is 14.2. The fraction of sp³-hybridized carbons (Fsp3) is 0.308. The molecule has 5 heteroatoms. The third kappa shape index (κ3) is 6.93. The van der Waals surface area contributed by atoms with Crippen LogP contribution in [-0.2, 0) is 16.4 Å². The quantitative estimate of drug-likeness (QED) is 0.300. The van der Waals surface area contributed by atoms with Gasteiger partial charge in [-0.1, -0.05) is 72.8 Å². The lowest BCUT2D eigenvalue weighted by Gasteiger charge is -2.25. The predicted molar refractivity (Wildman–Crippen MR) is 129 cm³/mol. The lowest BCUT2D eigenvalue weighted by molar-refractivity contribution is -0.884. The van der Waals surface area contributed by atoms with Gasteiger partial charge >= 0.3 is 0 Å². The highest BCUT2D eigenvalue weighted by Crippen LogP contribution is 2.35. The minimum Gasteiger partial charge on any atom is -0.327 e. The minimum absolute atomic E-state index is 0.0295. The zero-order valence-corrected chi connectivity index (χ0v) is 20.0. The summed E-state index contributed by atoms with van der Waals surface area (Å²) in [5.41, 5.74) is 3.24. The number of quaternary nitrogens is 1. The Morgan fingerprint density at radius 3 is 1.87 bits per heavy atom. The number of hydrogen-bond donors (Lipinski definition) is 0. The van der Waals surface area contributed by atoms with Crippen LogP contribution in [0.1, 0.15) is 34.4 Å². The largest absolute Gasteiger partial charge is 0.327 e. The number of rotatable bonds is 9. The Morgan fingerprint density at radius 2 is 1.32 bits per heavy atom. The molecule has 0 N–H and O–H groups in total. The average molecular weight is 457 g/mol. The first-order valence-corrected chi connectivity index (χ1v) is 12.6. The average Bonchev–Trinajstić information content (AvgIpc) is 2.74. The van der Waals surface area contributed by atoms with Crippen LogP contribution in [0.15, 0.2) is 89.8 Å². The van der Waals surface area contributed by atoms with Crippen LogP contribution in [0.4, 0.5) is 0 Å². The Balaban J connectivity index is 1.88. The summed E-state index contributed by atoms with van der Waals surface area (Å²) in [5, 5.41) is -0.261. The molecule has 0 aromatic heterocycles. The number of halogens is 1. The molecule has 0 heterocycles. The molecule has 0 radical (unpaired) electrons. The van der Waals surface area contributed by atoms with Crippen LogP contribution in [0.3, 0.4) is 0 Å². The summed E-state index contributed by atoms with van der Waals surface area (Å²) >= 11 is 6.75. The molecular formula is C26H31ClNO2S+. The van der Waals surface area contributed by atoms with E-state index in [1.807, 2.05) is 36.4 Å². The molecule has 2 atom stereocenters. The van der Waals surface area contributed by atoms with Gasteiger partial charge in [0.1, 0.15) is 6.54 Å². The monoisotopic (exact) mass is 456 g/mol. The zero-order valence-electron chi connectivity index (χ0n) is 18.4. The van der Waals surface area contributed by atoms with Crippen molar-refractivity contribution in [3.05, 3.63) is 102 Å². The number of nitrogens with zero attached hydrogens (tertiary/aromatic N) is 1. The summed E-state index contributed by atoms with van der Waals surface area (Å²) < 4.78 is 27.1. The number of alkyl halides is 1. The number of sulfone groups is 1. The van der Waals surface area contributed by atoms with Crippen molar-refractivity contribution in [3.63, 3.8) is 0 Å². The number of hydrogen-bond acceptors (Lipinski definition) is 2. The SMILES string of the molecule is C[N+](C)(C)Cc1ccc(C(CC(Cl)c2ccccc2)CS(=O)(=O)c2ccccc2)cc1. The van der Waals surface area contributed by atoms with E-state index in [9.17, 15) is 8.42 Å². The molecule has 2 unspecified atom stereocenters. The van der Waals surface area contributed by atoms with Crippen LogP contribution in [0, 0.1) is 0 Å². The molecular weight excluding hydrogens is 426 g/mol. The van der Waals surface area contributed by atoms with E-state index in [2.05, 4.69) is 45.4 Å². The van der Waals surface area contributed by atoms with Gasteiger partial charge in [0.15, 0.2) is 9.84 Å². The summed E-state index contributed by atoms with van der Waals surface area (Å²) in [6.45, 7) is 0.912. The molecule has 0 spiro atoms. The molecule has 31 heavy (non-hydrogen) atoms. The summed E-state index contributed by atoms with van der Waals surface area (Å²) in [6, 6.07) is 26.8. The Morgan fingerprint density at radius 1 is 0.774 bits per heavy atom. The van der Waals surface area contributed by atoms with Gasteiger partial charge in [-0.05, 0) is 35.6 Å². The van der Waals surface area contributed by atoms with Crippen LogP contribution >= 0.6 is 11.6 Å². The lowest BCUT2D eigenvalue weighted by Crippen LogP contribution is -2.33. The molecule has 164 valence electrons. The Kier molecular flexibility index (Phi) is 7.58. The maximum Gasteiger partial charge on any atom is 0.178 e. The Labute approximate surface area is 191 Å². The van der Waals surface area contributed by atoms with Gasteiger partial charge in [-0.3, -0.25) is 0 Å². The van der Waals surface area contributed by atoms with Gasteiger partial charge in [0.25, 0.3) is 0 Å². The van der Waals surface area contributed by atoms with E-state index >= 15 is 0 Å². The van der Waals surface area contributed by atoms with Crippen molar-refractivity contribution in [2.24, 2.45) is 0 Å². The maximum atomic E-state index is 13.1. The molecule has 0 fully saturated rings. The van der Waals surface area contributed by atoms with Crippen LogP contribution < -0.4 is 0 Å². The van der Waals surface area contributed by atoms with Gasteiger partial charge in [-0.15, -0.1) is 11.6 Å². The fourth-order valence-electron chi connectivity index (χ4n) is 3.78. The van der Waals surface area contributed by atoms with Crippen LogP contribution in [0.5, 0.6) is 0 Å². The molecule has 3 aromatic rings. The topological polar surface area (TPSA) is 34.1 Å². The fourth-order valence-corrected chi connectivity index (χ4v) is 5.76. The molecule has 0 aliphatic rings. The second kappa shape index (κ2) is 9.99. The first-order valence-electron chi connectivity index (χ1n) is 10.5. The molecule has 0 aliphatic carbocycles. The predicted octanol–water partition coefficient (Wildman–Crippen LogP) is 5.82. The van der Waals surface area contributed by atoms with Crippen LogP contribution in [-0.4, -0.2) is 39.8 Å². The highest BCUT2D eigenvalue weighted by Gasteiger charge is 2.26. The van der Waals surface area contributed by atoms with E-state index in [1.54, 1.807) is 24.3 Å². The van der Waals surface area contributed by atoms with Crippen molar-refractivity contribution in [3.8, 4) is 0 Å². The van der Waals surface area contributed by atoms with Gasteiger partial charge in [-0.2, -0.15) is 0 Å². The maximum absolute atomic E-state index is 13.1. The van der Waals surface area contributed by atoms with Crippen molar-refractivity contribution < 1.29 is 12.9 Å². The van der Waals surface area contributed by atoms with Crippen molar-refractivity contribution in [2.45, 2.75) is 29.2 Å². The van der Waals surface area contributed by atoms with E-state index in [-0.39, 0.29) is 17.0 Å². The van der Waals surface area contributed by atoms with Crippen LogP contribution in [0.2, 0.25) is 0 Å². The molecule has 0 aliphatic heterocycles. The third-order valence-electron chi connectivity index (χ3n) is 5.28. The van der Waals surface area contributed by atoms with Gasteiger partial charge in [0, 0.05) is 5.56 Å². The van der Waals surface area contributed by atoms with Gasteiger partial charge in [0.2, 0.25) is 0 Å². The molecule has 3 aromatic carbocycles. The lowest BCUT2D eigenvalue weighted by atomic mass is 9.93. The first-order chi connectivity index (χ1) is 14.6. The van der Waals surface area contributed by atoms with Crippen molar-refractivity contribution in [1.82, 2.24) is 0 Å². The highest BCUT2D eigenvalue weighted by atomic mass is 35.5. The number of benzene rings is 3.